The Bertz CT molecular complexity index is 337. The molecule has 1 atom stereocenters. The fraction of sp³-hybridized carbons (Fsp3) is 0.455. The van der Waals surface area contributed by atoms with Crippen LogP contribution in [0.25, 0.3) is 0 Å². The molecule has 0 bridgehead atoms. The number of anilines is 2. The molecule has 2 rings (SSSR count). The molecule has 1 heterocycles. The lowest BCUT2D eigenvalue weighted by Gasteiger charge is -2.12. The number of nitrogens with one attached hydrogen (secondary N) is 1. The molecule has 1 fully saturated rings. The molecule has 0 saturated carbocycles. The normalized spacial score (nSPS) is 20.5. The van der Waals surface area contributed by atoms with E-state index in [2.05, 4.69) is 5.32 Å². The summed E-state index contributed by atoms with van der Waals surface area (Å²) in [7, 11) is 0. The summed E-state index contributed by atoms with van der Waals surface area (Å²) in [5, 5.41) is 3.03. The van der Waals surface area contributed by atoms with Crippen molar-refractivity contribution >= 4 is 11.4 Å². The molecule has 15 heavy (non-hydrogen) atoms. The van der Waals surface area contributed by atoms with Crippen LogP contribution < -0.4 is 11.1 Å². The van der Waals surface area contributed by atoms with E-state index in [0.717, 1.165) is 19.4 Å². The average molecular weight is 210 g/mol. The van der Waals surface area contributed by atoms with Crippen LogP contribution in [0.3, 0.4) is 0 Å². The number of nitrogens with two attached hydrogens (primary N) is 1. The second kappa shape index (κ2) is 4.49. The molecule has 0 spiro atoms. The van der Waals surface area contributed by atoms with Gasteiger partial charge in [0.15, 0.2) is 0 Å². The molecule has 1 aromatic carbocycles. The third kappa shape index (κ3) is 2.59. The average Bonchev–Trinajstić information content (AvgIpc) is 2.69. The minimum atomic E-state index is -0.312. The highest BCUT2D eigenvalue weighted by atomic mass is 19.1. The Labute approximate surface area is 88.4 Å². The Morgan fingerprint density at radius 3 is 3.07 bits per heavy atom. The monoisotopic (exact) mass is 210 g/mol. The zero-order valence-corrected chi connectivity index (χ0v) is 8.50. The van der Waals surface area contributed by atoms with Crippen LogP contribution >= 0.6 is 0 Å². The maximum Gasteiger partial charge on any atom is 0.148 e. The molecule has 3 N–H and O–H groups in total. The first-order chi connectivity index (χ1) is 7.25. The van der Waals surface area contributed by atoms with E-state index in [1.54, 1.807) is 12.1 Å². The number of ether oxygens (including phenoxy) is 1. The van der Waals surface area contributed by atoms with E-state index in [1.165, 1.54) is 6.07 Å². The highest BCUT2D eigenvalue weighted by Crippen LogP contribution is 2.18. The number of benzene rings is 1. The quantitative estimate of drug-likeness (QED) is 0.750. The molecule has 1 aliphatic rings. The summed E-state index contributed by atoms with van der Waals surface area (Å²) in [6.07, 6.45) is 2.35. The fourth-order valence-corrected chi connectivity index (χ4v) is 1.70. The zero-order valence-electron chi connectivity index (χ0n) is 8.50. The van der Waals surface area contributed by atoms with Crippen molar-refractivity contribution in [3.05, 3.63) is 24.0 Å². The lowest BCUT2D eigenvalue weighted by molar-refractivity contribution is 0.120. The van der Waals surface area contributed by atoms with Gasteiger partial charge in [-0.1, -0.05) is 0 Å². The minimum Gasteiger partial charge on any atom is -0.399 e. The van der Waals surface area contributed by atoms with Gasteiger partial charge in [-0.05, 0) is 31.0 Å². The van der Waals surface area contributed by atoms with Crippen LogP contribution in [-0.4, -0.2) is 19.3 Å². The minimum absolute atomic E-state index is 0.210. The van der Waals surface area contributed by atoms with Crippen LogP contribution in [0.1, 0.15) is 12.8 Å². The van der Waals surface area contributed by atoms with Gasteiger partial charge in [0, 0.05) is 18.8 Å². The van der Waals surface area contributed by atoms with Crippen molar-refractivity contribution in [3.8, 4) is 0 Å². The van der Waals surface area contributed by atoms with E-state index in [1.807, 2.05) is 0 Å². The maximum absolute atomic E-state index is 13.3. The zero-order chi connectivity index (χ0) is 10.7. The maximum atomic E-state index is 13.3. The Morgan fingerprint density at radius 1 is 1.53 bits per heavy atom. The molecular weight excluding hydrogens is 195 g/mol. The van der Waals surface area contributed by atoms with Crippen LogP contribution in [0.5, 0.6) is 0 Å². The second-order valence-electron chi connectivity index (χ2n) is 3.76. The summed E-state index contributed by atoms with van der Waals surface area (Å²) in [6, 6.07) is 4.65. The number of hydrogen-bond acceptors (Lipinski definition) is 3. The van der Waals surface area contributed by atoms with E-state index < -0.39 is 0 Å². The van der Waals surface area contributed by atoms with E-state index >= 15 is 0 Å². The van der Waals surface area contributed by atoms with E-state index in [4.69, 9.17) is 10.5 Å². The summed E-state index contributed by atoms with van der Waals surface area (Å²) >= 11 is 0. The first-order valence-electron chi connectivity index (χ1n) is 5.16. The lowest BCUT2D eigenvalue weighted by Crippen LogP contribution is -2.18. The van der Waals surface area contributed by atoms with E-state index in [9.17, 15) is 4.39 Å². The Hall–Kier alpha value is -1.29. The Kier molecular flexibility index (Phi) is 3.06. The van der Waals surface area contributed by atoms with Gasteiger partial charge in [-0.3, -0.25) is 0 Å². The van der Waals surface area contributed by atoms with Crippen molar-refractivity contribution in [1.29, 1.82) is 0 Å². The third-order valence-corrected chi connectivity index (χ3v) is 2.54. The fourth-order valence-electron chi connectivity index (χ4n) is 1.70. The number of halogens is 1. The van der Waals surface area contributed by atoms with Gasteiger partial charge < -0.3 is 15.8 Å². The summed E-state index contributed by atoms with van der Waals surface area (Å²) < 4.78 is 18.8. The smallest absolute Gasteiger partial charge is 0.148 e. The van der Waals surface area contributed by atoms with Crippen molar-refractivity contribution in [1.82, 2.24) is 0 Å². The SMILES string of the molecule is Nc1ccc(NCC2CCCO2)c(F)c1. The molecule has 0 radical (unpaired) electrons. The first-order valence-corrected chi connectivity index (χ1v) is 5.16. The predicted molar refractivity (Wildman–Crippen MR) is 58.3 cm³/mol. The van der Waals surface area contributed by atoms with Crippen molar-refractivity contribution in [2.45, 2.75) is 18.9 Å². The van der Waals surface area contributed by atoms with Crippen LogP contribution in [0.4, 0.5) is 15.8 Å². The molecule has 1 saturated heterocycles. The van der Waals surface area contributed by atoms with Crippen molar-refractivity contribution in [2.75, 3.05) is 24.2 Å². The summed E-state index contributed by atoms with van der Waals surface area (Å²) in [4.78, 5) is 0. The van der Waals surface area contributed by atoms with Crippen LogP contribution in [0.15, 0.2) is 18.2 Å². The van der Waals surface area contributed by atoms with Crippen molar-refractivity contribution in [2.24, 2.45) is 0 Å². The Morgan fingerprint density at radius 2 is 2.40 bits per heavy atom. The van der Waals surface area contributed by atoms with E-state index in [-0.39, 0.29) is 11.9 Å². The first kappa shape index (κ1) is 10.2. The molecule has 3 nitrogen and oxygen atoms in total. The van der Waals surface area contributed by atoms with E-state index in [0.29, 0.717) is 17.9 Å². The molecule has 0 aromatic heterocycles. The van der Waals surface area contributed by atoms with Gasteiger partial charge in [-0.2, -0.15) is 0 Å². The number of hydrogen-bond donors (Lipinski definition) is 2. The van der Waals surface area contributed by atoms with Gasteiger partial charge in [-0.15, -0.1) is 0 Å². The van der Waals surface area contributed by atoms with Gasteiger partial charge >= 0.3 is 0 Å². The summed E-state index contributed by atoms with van der Waals surface area (Å²) in [6.45, 7) is 1.47. The molecule has 0 amide bonds. The van der Waals surface area contributed by atoms with Gasteiger partial charge in [-0.25, -0.2) is 4.39 Å². The lowest BCUT2D eigenvalue weighted by atomic mass is 10.2. The van der Waals surface area contributed by atoms with Gasteiger partial charge in [0.1, 0.15) is 5.82 Å². The van der Waals surface area contributed by atoms with Gasteiger partial charge in [0.2, 0.25) is 0 Å². The third-order valence-electron chi connectivity index (χ3n) is 2.54. The van der Waals surface area contributed by atoms with Crippen LogP contribution in [0.2, 0.25) is 0 Å². The molecule has 1 aromatic rings. The van der Waals surface area contributed by atoms with Crippen molar-refractivity contribution < 1.29 is 9.13 Å². The summed E-state index contributed by atoms with van der Waals surface area (Å²) in [5.41, 5.74) is 6.38. The molecule has 1 aliphatic heterocycles. The van der Waals surface area contributed by atoms with Crippen molar-refractivity contribution in [3.63, 3.8) is 0 Å². The topological polar surface area (TPSA) is 47.3 Å². The molecule has 0 aliphatic carbocycles. The predicted octanol–water partition coefficient (Wildman–Crippen LogP) is 2.00. The highest BCUT2D eigenvalue weighted by Gasteiger charge is 2.15. The molecule has 82 valence electrons. The number of nitrogen functional groups attached to an aromatic ring is 1. The van der Waals surface area contributed by atoms with Crippen LogP contribution in [0, 0.1) is 5.82 Å². The highest BCUT2D eigenvalue weighted by molar-refractivity contribution is 5.52. The van der Waals surface area contributed by atoms with Crippen LogP contribution in [-0.2, 0) is 4.74 Å². The molecular formula is C11H15FN2O. The summed E-state index contributed by atoms with van der Waals surface area (Å²) in [5.74, 6) is -0.312. The number of rotatable bonds is 3. The molecule has 1 unspecified atom stereocenters. The Balaban J connectivity index is 1.92. The van der Waals surface area contributed by atoms with Gasteiger partial charge in [0.25, 0.3) is 0 Å². The van der Waals surface area contributed by atoms with Gasteiger partial charge in [0.05, 0.1) is 11.8 Å². The largest absolute Gasteiger partial charge is 0.399 e. The standard InChI is InChI=1S/C11H15FN2O/c12-10-6-8(13)3-4-11(10)14-7-9-2-1-5-15-9/h3-4,6,9,14H,1-2,5,7,13H2. The molecule has 4 heteroatoms. The second-order valence-corrected chi connectivity index (χ2v) is 3.76.